The Balaban J connectivity index is 3.12. The van der Waals surface area contributed by atoms with Gasteiger partial charge in [-0.15, -0.1) is 13.0 Å². The van der Waals surface area contributed by atoms with E-state index >= 15 is 0 Å². The zero-order valence-corrected chi connectivity index (χ0v) is 8.76. The van der Waals surface area contributed by atoms with Crippen LogP contribution >= 0.6 is 0 Å². The van der Waals surface area contributed by atoms with Gasteiger partial charge >= 0.3 is 5.97 Å². The molecule has 0 aliphatic carbocycles. The first-order chi connectivity index (χ1) is 7.70. The third kappa shape index (κ3) is 2.61. The van der Waals surface area contributed by atoms with Gasteiger partial charge in [0.2, 0.25) is 0 Å². The summed E-state index contributed by atoms with van der Waals surface area (Å²) in [5, 5.41) is 9.02. The highest BCUT2D eigenvalue weighted by atomic mass is 16.4. The van der Waals surface area contributed by atoms with Crippen molar-refractivity contribution in [2.24, 2.45) is 0 Å². The van der Waals surface area contributed by atoms with Crippen molar-refractivity contribution in [1.29, 1.82) is 0 Å². The lowest BCUT2D eigenvalue weighted by Gasteiger charge is -2.21. The first-order valence-corrected chi connectivity index (χ1v) is 4.67. The smallest absolute Gasteiger partial charge is 0.337 e. The van der Waals surface area contributed by atoms with Crippen molar-refractivity contribution in [1.82, 2.24) is 4.98 Å². The molecule has 4 heteroatoms. The normalized spacial score (nSPS) is 9.19. The van der Waals surface area contributed by atoms with Gasteiger partial charge in [-0.25, -0.2) is 4.79 Å². The van der Waals surface area contributed by atoms with Crippen molar-refractivity contribution in [3.8, 4) is 12.3 Å². The minimum absolute atomic E-state index is 0.187. The van der Waals surface area contributed by atoms with Crippen LogP contribution in [0.15, 0.2) is 31.1 Å². The molecule has 0 atom stereocenters. The second-order valence-electron chi connectivity index (χ2n) is 3.07. The van der Waals surface area contributed by atoms with E-state index in [-0.39, 0.29) is 5.56 Å². The first-order valence-electron chi connectivity index (χ1n) is 4.67. The van der Waals surface area contributed by atoms with Gasteiger partial charge in [0.05, 0.1) is 24.0 Å². The molecule has 16 heavy (non-hydrogen) atoms. The summed E-state index contributed by atoms with van der Waals surface area (Å²) in [6, 6.07) is 1.45. The summed E-state index contributed by atoms with van der Waals surface area (Å²) >= 11 is 0. The van der Waals surface area contributed by atoms with Crippen LogP contribution in [0, 0.1) is 12.3 Å². The summed E-state index contributed by atoms with van der Waals surface area (Å²) in [5.41, 5.74) is 0.694. The summed E-state index contributed by atoms with van der Waals surface area (Å²) < 4.78 is 0. The summed E-state index contributed by atoms with van der Waals surface area (Å²) in [6.45, 7) is 4.40. The van der Waals surface area contributed by atoms with E-state index in [0.717, 1.165) is 0 Å². The molecule has 0 aromatic carbocycles. The molecule has 1 aromatic heterocycles. The number of carboxylic acid groups (broad SMARTS) is 1. The lowest BCUT2D eigenvalue weighted by Crippen LogP contribution is -2.25. The highest BCUT2D eigenvalue weighted by molar-refractivity contribution is 5.94. The fourth-order valence-corrected chi connectivity index (χ4v) is 1.33. The van der Waals surface area contributed by atoms with Crippen molar-refractivity contribution in [2.45, 2.75) is 0 Å². The van der Waals surface area contributed by atoms with Gasteiger partial charge < -0.3 is 10.0 Å². The number of anilines is 1. The van der Waals surface area contributed by atoms with Gasteiger partial charge in [0.25, 0.3) is 0 Å². The van der Waals surface area contributed by atoms with E-state index in [4.69, 9.17) is 11.5 Å². The van der Waals surface area contributed by atoms with Crippen LogP contribution in [0.4, 0.5) is 5.69 Å². The molecule has 0 amide bonds. The molecule has 1 N–H and O–H groups in total. The Labute approximate surface area is 94.2 Å². The predicted octanol–water partition coefficient (Wildman–Crippen LogP) is 1.41. The Kier molecular flexibility index (Phi) is 4.10. The molecule has 0 saturated carbocycles. The number of pyridine rings is 1. The molecule has 0 unspecified atom stereocenters. The zero-order valence-electron chi connectivity index (χ0n) is 8.76. The molecule has 0 aliphatic rings. The third-order valence-corrected chi connectivity index (χ3v) is 2.00. The van der Waals surface area contributed by atoms with E-state index in [1.165, 1.54) is 18.5 Å². The minimum Gasteiger partial charge on any atom is -0.478 e. The van der Waals surface area contributed by atoms with Crippen LogP contribution in [0.25, 0.3) is 0 Å². The molecular weight excluding hydrogens is 204 g/mol. The molecule has 0 saturated heterocycles. The molecule has 1 rings (SSSR count). The summed E-state index contributed by atoms with van der Waals surface area (Å²) in [5.74, 6) is 1.48. The zero-order chi connectivity index (χ0) is 12.0. The topological polar surface area (TPSA) is 53.4 Å². The lowest BCUT2D eigenvalue weighted by molar-refractivity contribution is 0.0697. The number of aromatic carboxylic acids is 1. The molecule has 0 aliphatic heterocycles. The van der Waals surface area contributed by atoms with Crippen LogP contribution in [0.1, 0.15) is 10.4 Å². The molecule has 0 fully saturated rings. The van der Waals surface area contributed by atoms with Crippen molar-refractivity contribution < 1.29 is 9.90 Å². The van der Waals surface area contributed by atoms with Crippen molar-refractivity contribution >= 4 is 11.7 Å². The Morgan fingerprint density at radius 2 is 2.50 bits per heavy atom. The van der Waals surface area contributed by atoms with Crippen LogP contribution in [-0.4, -0.2) is 29.1 Å². The van der Waals surface area contributed by atoms with Crippen molar-refractivity contribution in [3.05, 3.63) is 36.7 Å². The third-order valence-electron chi connectivity index (χ3n) is 2.00. The van der Waals surface area contributed by atoms with Crippen molar-refractivity contribution in [3.63, 3.8) is 0 Å². The van der Waals surface area contributed by atoms with Crippen LogP contribution in [0.5, 0.6) is 0 Å². The molecule has 4 nitrogen and oxygen atoms in total. The molecule has 0 spiro atoms. The van der Waals surface area contributed by atoms with Crippen LogP contribution < -0.4 is 4.90 Å². The van der Waals surface area contributed by atoms with Gasteiger partial charge in [-0.2, -0.15) is 0 Å². The highest BCUT2D eigenvalue weighted by Gasteiger charge is 2.14. The fraction of sp³-hybridized carbons (Fsp3) is 0.167. The Bertz CT molecular complexity index is 435. The van der Waals surface area contributed by atoms with Crippen molar-refractivity contribution in [2.75, 3.05) is 18.0 Å². The maximum Gasteiger partial charge on any atom is 0.337 e. The van der Waals surface area contributed by atoms with Gasteiger partial charge in [-0.3, -0.25) is 4.98 Å². The maximum absolute atomic E-state index is 11.0. The molecular formula is C12H12N2O2. The van der Waals surface area contributed by atoms with Gasteiger partial charge in [0.15, 0.2) is 0 Å². The van der Waals surface area contributed by atoms with E-state index in [2.05, 4.69) is 17.5 Å². The van der Waals surface area contributed by atoms with Crippen LogP contribution in [-0.2, 0) is 0 Å². The Morgan fingerprint density at radius 3 is 3.06 bits per heavy atom. The van der Waals surface area contributed by atoms with Gasteiger partial charge in [-0.1, -0.05) is 12.0 Å². The van der Waals surface area contributed by atoms with Gasteiger partial charge in [0.1, 0.15) is 0 Å². The fourth-order valence-electron chi connectivity index (χ4n) is 1.33. The first kappa shape index (κ1) is 11.8. The van der Waals surface area contributed by atoms with E-state index in [1.54, 1.807) is 11.0 Å². The monoisotopic (exact) mass is 216 g/mol. The summed E-state index contributed by atoms with van der Waals surface area (Å²) in [4.78, 5) is 16.6. The largest absolute Gasteiger partial charge is 0.478 e. The van der Waals surface area contributed by atoms with Gasteiger partial charge in [0, 0.05) is 12.7 Å². The van der Waals surface area contributed by atoms with Crippen LogP contribution in [0.2, 0.25) is 0 Å². The number of aromatic nitrogens is 1. The van der Waals surface area contributed by atoms with Crippen LogP contribution in [0.3, 0.4) is 0 Å². The predicted molar refractivity (Wildman–Crippen MR) is 62.4 cm³/mol. The molecule has 0 bridgehead atoms. The van der Waals surface area contributed by atoms with Gasteiger partial charge in [-0.05, 0) is 6.07 Å². The summed E-state index contributed by atoms with van der Waals surface area (Å²) in [6.07, 6.45) is 9.82. The highest BCUT2D eigenvalue weighted by Crippen LogP contribution is 2.18. The minimum atomic E-state index is -0.997. The number of rotatable bonds is 5. The SMILES string of the molecule is C#CCN(CC=C)c1cnccc1C(=O)O. The standard InChI is InChI=1S/C12H12N2O2/c1-3-7-14(8-4-2)11-9-13-6-5-10(11)12(15)16/h1,4-6,9H,2,7-8H2,(H,15,16). The number of hydrogen-bond acceptors (Lipinski definition) is 3. The molecule has 82 valence electrons. The number of carboxylic acids is 1. The van der Waals surface area contributed by atoms with E-state index in [1.807, 2.05) is 0 Å². The quantitative estimate of drug-likeness (QED) is 0.597. The number of hydrogen-bond donors (Lipinski definition) is 1. The number of nitrogens with zero attached hydrogens (tertiary/aromatic N) is 2. The summed E-state index contributed by atoms with van der Waals surface area (Å²) in [7, 11) is 0. The average Bonchev–Trinajstić information content (AvgIpc) is 2.29. The molecule has 1 heterocycles. The van der Waals surface area contributed by atoms with E-state index < -0.39 is 5.97 Å². The lowest BCUT2D eigenvalue weighted by atomic mass is 10.2. The number of terminal acetylenes is 1. The second-order valence-corrected chi connectivity index (χ2v) is 3.07. The van der Waals surface area contributed by atoms with E-state index in [0.29, 0.717) is 18.8 Å². The average molecular weight is 216 g/mol. The Morgan fingerprint density at radius 1 is 1.75 bits per heavy atom. The second kappa shape index (κ2) is 5.56. The number of carbonyl (C=O) groups is 1. The molecule has 0 radical (unpaired) electrons. The Hall–Kier alpha value is -2.28. The molecule has 1 aromatic rings. The maximum atomic E-state index is 11.0. The van der Waals surface area contributed by atoms with E-state index in [9.17, 15) is 4.79 Å².